The zero-order valence-electron chi connectivity index (χ0n) is 17.6. The first-order valence-corrected chi connectivity index (χ1v) is 9.64. The first kappa shape index (κ1) is 22.9. The number of hydrogen-bond acceptors (Lipinski definition) is 3. The highest BCUT2D eigenvalue weighted by atomic mass is 19.4. The maximum atomic E-state index is 13.0. The van der Waals surface area contributed by atoms with Crippen molar-refractivity contribution in [2.24, 2.45) is 0 Å². The fourth-order valence-electron chi connectivity index (χ4n) is 3.37. The molecule has 3 aromatic rings. The van der Waals surface area contributed by atoms with Crippen molar-refractivity contribution in [2.45, 2.75) is 20.0 Å². The summed E-state index contributed by atoms with van der Waals surface area (Å²) in [5, 5.41) is 4.82. The fourth-order valence-corrected chi connectivity index (χ4v) is 3.37. The van der Waals surface area contributed by atoms with Crippen molar-refractivity contribution in [3.8, 4) is 16.9 Å². The van der Waals surface area contributed by atoms with Crippen molar-refractivity contribution >= 4 is 17.6 Å². The highest BCUT2D eigenvalue weighted by Gasteiger charge is 2.30. The molecular weight excluding hydrogens is 421 g/mol. The number of methoxy groups -OCH3 is 1. The van der Waals surface area contributed by atoms with Crippen molar-refractivity contribution < 1.29 is 27.5 Å². The number of nitrogens with one attached hydrogen (secondary N) is 2. The second kappa shape index (κ2) is 9.13. The lowest BCUT2D eigenvalue weighted by molar-refractivity contribution is -0.137. The molecule has 0 saturated heterocycles. The van der Waals surface area contributed by atoms with E-state index in [1.54, 1.807) is 26.0 Å². The van der Waals surface area contributed by atoms with Crippen molar-refractivity contribution in [1.29, 1.82) is 0 Å². The summed E-state index contributed by atoms with van der Waals surface area (Å²) in [6, 6.07) is 14.0. The molecule has 0 aliphatic rings. The van der Waals surface area contributed by atoms with Crippen LogP contribution in [0.2, 0.25) is 0 Å². The van der Waals surface area contributed by atoms with Crippen LogP contribution < -0.4 is 15.4 Å². The number of anilines is 1. The number of imide groups is 1. The number of ether oxygens (including phenoxy) is 1. The summed E-state index contributed by atoms with van der Waals surface area (Å²) in [6.07, 6.45) is -4.47. The van der Waals surface area contributed by atoms with E-state index in [1.807, 2.05) is 6.07 Å². The number of hydrogen-bond donors (Lipinski definition) is 2. The SMILES string of the molecule is COc1cc(NC(=O)NC(=O)c2c(C)cccc2C)ccc1-c1cccc(C(F)(F)F)c1. The second-order valence-corrected chi connectivity index (χ2v) is 7.17. The summed E-state index contributed by atoms with van der Waals surface area (Å²) in [5.74, 6) is -0.270. The van der Waals surface area contributed by atoms with Gasteiger partial charge in [-0.05, 0) is 54.8 Å². The van der Waals surface area contributed by atoms with Gasteiger partial charge < -0.3 is 10.1 Å². The predicted octanol–water partition coefficient (Wildman–Crippen LogP) is 5.96. The van der Waals surface area contributed by atoms with Crippen LogP contribution in [0.4, 0.5) is 23.7 Å². The Morgan fingerprint density at radius 3 is 2.19 bits per heavy atom. The van der Waals surface area contributed by atoms with Crippen LogP contribution in [0.3, 0.4) is 0 Å². The van der Waals surface area contributed by atoms with E-state index in [0.717, 1.165) is 23.3 Å². The van der Waals surface area contributed by atoms with Gasteiger partial charge in [0.05, 0.1) is 12.7 Å². The van der Waals surface area contributed by atoms with E-state index in [9.17, 15) is 22.8 Å². The number of benzene rings is 3. The average molecular weight is 442 g/mol. The summed E-state index contributed by atoms with van der Waals surface area (Å²) in [6.45, 7) is 3.55. The van der Waals surface area contributed by atoms with Crippen LogP contribution in [0.1, 0.15) is 27.0 Å². The van der Waals surface area contributed by atoms with Crippen molar-refractivity contribution in [3.05, 3.63) is 82.9 Å². The van der Waals surface area contributed by atoms with E-state index in [-0.39, 0.29) is 5.75 Å². The Bertz CT molecular complexity index is 1150. The third kappa shape index (κ3) is 5.08. The van der Waals surface area contributed by atoms with Gasteiger partial charge in [-0.3, -0.25) is 10.1 Å². The minimum atomic E-state index is -4.47. The van der Waals surface area contributed by atoms with E-state index in [0.29, 0.717) is 22.4 Å². The zero-order chi connectivity index (χ0) is 23.5. The molecule has 0 heterocycles. The summed E-state index contributed by atoms with van der Waals surface area (Å²) >= 11 is 0. The monoisotopic (exact) mass is 442 g/mol. The molecule has 0 unspecified atom stereocenters. The first-order chi connectivity index (χ1) is 15.1. The normalized spacial score (nSPS) is 11.1. The van der Waals surface area contributed by atoms with Crippen molar-refractivity contribution in [3.63, 3.8) is 0 Å². The fraction of sp³-hybridized carbons (Fsp3) is 0.167. The number of halogens is 3. The van der Waals surface area contributed by atoms with E-state index in [2.05, 4.69) is 10.6 Å². The van der Waals surface area contributed by atoms with Gasteiger partial charge in [0.1, 0.15) is 5.75 Å². The van der Waals surface area contributed by atoms with E-state index in [1.165, 1.54) is 37.4 Å². The molecule has 0 spiro atoms. The van der Waals surface area contributed by atoms with E-state index >= 15 is 0 Å². The topological polar surface area (TPSA) is 67.4 Å². The number of urea groups is 1. The number of alkyl halides is 3. The molecule has 32 heavy (non-hydrogen) atoms. The van der Waals surface area contributed by atoms with Crippen LogP contribution >= 0.6 is 0 Å². The van der Waals surface area contributed by atoms with Crippen LogP contribution in [0, 0.1) is 13.8 Å². The molecule has 0 bridgehead atoms. The lowest BCUT2D eigenvalue weighted by Gasteiger charge is -2.14. The molecule has 8 heteroatoms. The molecule has 0 atom stereocenters. The van der Waals surface area contributed by atoms with Gasteiger partial charge in [-0.25, -0.2) is 4.79 Å². The molecule has 0 fully saturated rings. The van der Waals surface area contributed by atoms with Crippen LogP contribution in [0.5, 0.6) is 5.75 Å². The molecule has 5 nitrogen and oxygen atoms in total. The van der Waals surface area contributed by atoms with Crippen molar-refractivity contribution in [1.82, 2.24) is 5.32 Å². The Hall–Kier alpha value is -3.81. The lowest BCUT2D eigenvalue weighted by Crippen LogP contribution is -2.35. The molecule has 0 saturated carbocycles. The molecule has 3 aromatic carbocycles. The molecule has 0 aromatic heterocycles. The van der Waals surface area contributed by atoms with Gasteiger partial charge in [0.25, 0.3) is 5.91 Å². The predicted molar refractivity (Wildman–Crippen MR) is 116 cm³/mol. The Balaban J connectivity index is 1.79. The first-order valence-electron chi connectivity index (χ1n) is 9.64. The van der Waals surface area contributed by atoms with E-state index < -0.39 is 23.7 Å². The molecule has 0 radical (unpaired) electrons. The number of amides is 3. The maximum absolute atomic E-state index is 13.0. The van der Waals surface area contributed by atoms with Crippen LogP contribution in [0.25, 0.3) is 11.1 Å². The van der Waals surface area contributed by atoms with Gasteiger partial charge in [0.15, 0.2) is 0 Å². The van der Waals surface area contributed by atoms with E-state index in [4.69, 9.17) is 4.74 Å². The summed E-state index contributed by atoms with van der Waals surface area (Å²) < 4.78 is 44.4. The van der Waals surface area contributed by atoms with Crippen LogP contribution in [-0.4, -0.2) is 19.0 Å². The minimum absolute atomic E-state index is 0.267. The summed E-state index contributed by atoms with van der Waals surface area (Å²) in [4.78, 5) is 24.8. The third-order valence-corrected chi connectivity index (χ3v) is 4.90. The number of aryl methyl sites for hydroxylation is 2. The molecule has 3 amide bonds. The molecule has 3 rings (SSSR count). The van der Waals surface area contributed by atoms with Crippen LogP contribution in [0.15, 0.2) is 60.7 Å². The lowest BCUT2D eigenvalue weighted by atomic mass is 10.0. The Morgan fingerprint density at radius 1 is 0.906 bits per heavy atom. The number of carbonyl (C=O) groups excluding carboxylic acids is 2. The Morgan fingerprint density at radius 2 is 1.56 bits per heavy atom. The Kier molecular flexibility index (Phi) is 6.53. The average Bonchev–Trinajstić information content (AvgIpc) is 2.73. The number of rotatable bonds is 4. The van der Waals surface area contributed by atoms with Gasteiger partial charge in [-0.1, -0.05) is 30.3 Å². The molecule has 0 aliphatic heterocycles. The van der Waals surface area contributed by atoms with Crippen molar-refractivity contribution in [2.75, 3.05) is 12.4 Å². The standard InChI is InChI=1S/C24H21F3N2O3/c1-14-6-4-7-15(2)21(14)22(30)29-23(31)28-18-10-11-19(20(13-18)32-3)16-8-5-9-17(12-16)24(25,26)27/h4-13H,1-3H3,(H2,28,29,30,31). The summed E-state index contributed by atoms with van der Waals surface area (Å²) in [5.41, 5.74) is 2.17. The zero-order valence-corrected chi connectivity index (χ0v) is 17.6. The van der Waals surface area contributed by atoms with Crippen LogP contribution in [-0.2, 0) is 6.18 Å². The molecule has 2 N–H and O–H groups in total. The van der Waals surface area contributed by atoms with Gasteiger partial charge >= 0.3 is 12.2 Å². The smallest absolute Gasteiger partial charge is 0.416 e. The van der Waals surface area contributed by atoms with Gasteiger partial charge in [0, 0.05) is 22.9 Å². The van der Waals surface area contributed by atoms with Gasteiger partial charge in [0.2, 0.25) is 0 Å². The quantitative estimate of drug-likeness (QED) is 0.524. The highest BCUT2D eigenvalue weighted by Crippen LogP contribution is 2.36. The van der Waals surface area contributed by atoms with Gasteiger partial charge in [-0.2, -0.15) is 13.2 Å². The molecule has 166 valence electrons. The third-order valence-electron chi connectivity index (χ3n) is 4.90. The second-order valence-electron chi connectivity index (χ2n) is 7.17. The molecular formula is C24H21F3N2O3. The molecule has 0 aliphatic carbocycles. The highest BCUT2D eigenvalue weighted by molar-refractivity contribution is 6.09. The van der Waals surface area contributed by atoms with Gasteiger partial charge in [-0.15, -0.1) is 0 Å². The Labute approximate surface area is 183 Å². The summed E-state index contributed by atoms with van der Waals surface area (Å²) in [7, 11) is 1.38. The number of carbonyl (C=O) groups is 2. The maximum Gasteiger partial charge on any atom is 0.416 e. The minimum Gasteiger partial charge on any atom is -0.496 e. The largest absolute Gasteiger partial charge is 0.496 e.